The van der Waals surface area contributed by atoms with Crippen LogP contribution in [0.2, 0.25) is 0 Å². The first-order valence-corrected chi connectivity index (χ1v) is 7.54. The van der Waals surface area contributed by atoms with Crippen LogP contribution in [0.3, 0.4) is 0 Å². The number of rotatable bonds is 5. The fourth-order valence-corrected chi connectivity index (χ4v) is 2.68. The van der Waals surface area contributed by atoms with E-state index in [2.05, 4.69) is 43.1 Å². The van der Waals surface area contributed by atoms with Gasteiger partial charge in [-0.05, 0) is 29.2 Å². The molecule has 0 bridgehead atoms. The number of nitrogens with two attached hydrogens (primary N) is 1. The van der Waals surface area contributed by atoms with Crippen LogP contribution >= 0.6 is 11.8 Å². The molecule has 2 N–H and O–H groups in total. The molecule has 0 saturated carbocycles. The van der Waals surface area contributed by atoms with Gasteiger partial charge in [0.15, 0.2) is 0 Å². The number of hydrogen-bond acceptors (Lipinski definition) is 3. The van der Waals surface area contributed by atoms with E-state index < -0.39 is 0 Å². The van der Waals surface area contributed by atoms with Crippen molar-refractivity contribution in [2.75, 3.05) is 5.75 Å². The second-order valence-corrected chi connectivity index (χ2v) is 5.95. The number of thioether (sulfide) groups is 1. The summed E-state index contributed by atoms with van der Waals surface area (Å²) in [7, 11) is 0. The molecule has 0 aliphatic carbocycles. The molecule has 0 radical (unpaired) electrons. The molecule has 1 atom stereocenters. The summed E-state index contributed by atoms with van der Waals surface area (Å²) in [6.07, 6.45) is 1.81. The van der Waals surface area contributed by atoms with Crippen molar-refractivity contribution in [3.05, 3.63) is 59.8 Å². The lowest BCUT2D eigenvalue weighted by Crippen LogP contribution is -2.13. The molecule has 0 spiro atoms. The van der Waals surface area contributed by atoms with E-state index in [1.165, 1.54) is 11.1 Å². The predicted molar refractivity (Wildman–Crippen MR) is 82.4 cm³/mol. The first-order valence-electron chi connectivity index (χ1n) is 6.56. The molecule has 100 valence electrons. The molecular weight excluding hydrogens is 252 g/mol. The molecule has 2 rings (SSSR count). The van der Waals surface area contributed by atoms with Gasteiger partial charge in [-0.1, -0.05) is 44.2 Å². The normalized spacial score (nSPS) is 12.6. The zero-order chi connectivity index (χ0) is 13.7. The fraction of sp³-hybridized carbons (Fsp3) is 0.312. The molecule has 0 aliphatic heterocycles. The lowest BCUT2D eigenvalue weighted by Gasteiger charge is -2.13. The summed E-state index contributed by atoms with van der Waals surface area (Å²) < 4.78 is 0. The zero-order valence-electron chi connectivity index (χ0n) is 11.4. The lowest BCUT2D eigenvalue weighted by molar-refractivity contribution is 0.821. The van der Waals surface area contributed by atoms with Gasteiger partial charge >= 0.3 is 0 Å². The van der Waals surface area contributed by atoms with Gasteiger partial charge < -0.3 is 5.73 Å². The van der Waals surface area contributed by atoms with Crippen molar-refractivity contribution in [3.8, 4) is 0 Å². The third-order valence-electron chi connectivity index (χ3n) is 3.08. The van der Waals surface area contributed by atoms with E-state index in [9.17, 15) is 0 Å². The maximum Gasteiger partial charge on any atom is 0.0960 e. The topological polar surface area (TPSA) is 38.9 Å². The highest BCUT2D eigenvalue weighted by molar-refractivity contribution is 7.99. The Hall–Kier alpha value is -1.32. The van der Waals surface area contributed by atoms with Gasteiger partial charge in [0.05, 0.1) is 5.03 Å². The molecular formula is C16H20N2S. The summed E-state index contributed by atoms with van der Waals surface area (Å²) >= 11 is 1.70. The highest BCUT2D eigenvalue weighted by atomic mass is 32.2. The Morgan fingerprint density at radius 3 is 2.32 bits per heavy atom. The third kappa shape index (κ3) is 4.08. The van der Waals surface area contributed by atoms with Crippen LogP contribution in [0, 0.1) is 0 Å². The number of hydrogen-bond donors (Lipinski definition) is 1. The number of pyridine rings is 1. The maximum atomic E-state index is 6.22. The molecule has 0 saturated heterocycles. The third-order valence-corrected chi connectivity index (χ3v) is 4.14. The highest BCUT2D eigenvalue weighted by Crippen LogP contribution is 2.23. The first kappa shape index (κ1) is 14.1. The van der Waals surface area contributed by atoms with Crippen LogP contribution in [-0.4, -0.2) is 10.7 Å². The number of aromatic nitrogens is 1. The summed E-state index contributed by atoms with van der Waals surface area (Å²) in [5.41, 5.74) is 8.76. The summed E-state index contributed by atoms with van der Waals surface area (Å²) in [6, 6.07) is 14.6. The molecule has 2 aromatic rings. The van der Waals surface area contributed by atoms with Gasteiger partial charge in [0, 0.05) is 18.0 Å². The minimum atomic E-state index is 0.0493. The van der Waals surface area contributed by atoms with Crippen molar-refractivity contribution in [2.45, 2.75) is 30.8 Å². The predicted octanol–water partition coefficient (Wildman–Crippen LogP) is 4.00. The SMILES string of the molecule is CC(C)c1ccc(C(N)CSc2ccccn2)cc1. The van der Waals surface area contributed by atoms with Crippen molar-refractivity contribution in [1.29, 1.82) is 0 Å². The monoisotopic (exact) mass is 272 g/mol. The Kier molecular flexibility index (Phi) is 5.00. The van der Waals surface area contributed by atoms with Crippen LogP contribution in [0.15, 0.2) is 53.7 Å². The van der Waals surface area contributed by atoms with E-state index in [-0.39, 0.29) is 6.04 Å². The quantitative estimate of drug-likeness (QED) is 0.836. The minimum absolute atomic E-state index is 0.0493. The van der Waals surface area contributed by atoms with Crippen LogP contribution in [0.1, 0.15) is 36.9 Å². The number of benzene rings is 1. The van der Waals surface area contributed by atoms with E-state index in [1.54, 1.807) is 11.8 Å². The molecule has 19 heavy (non-hydrogen) atoms. The van der Waals surface area contributed by atoms with E-state index in [0.717, 1.165) is 10.8 Å². The van der Waals surface area contributed by atoms with Crippen molar-refractivity contribution < 1.29 is 0 Å². The highest BCUT2D eigenvalue weighted by Gasteiger charge is 2.08. The summed E-state index contributed by atoms with van der Waals surface area (Å²) in [5.74, 6) is 1.41. The molecule has 1 heterocycles. The Morgan fingerprint density at radius 1 is 1.05 bits per heavy atom. The van der Waals surface area contributed by atoms with Gasteiger partial charge in [-0.25, -0.2) is 4.98 Å². The first-order chi connectivity index (χ1) is 9.16. The lowest BCUT2D eigenvalue weighted by atomic mass is 10.00. The van der Waals surface area contributed by atoms with Gasteiger partial charge in [0.25, 0.3) is 0 Å². The molecule has 0 fully saturated rings. The van der Waals surface area contributed by atoms with E-state index in [4.69, 9.17) is 5.73 Å². The minimum Gasteiger partial charge on any atom is -0.323 e. The second kappa shape index (κ2) is 6.73. The maximum absolute atomic E-state index is 6.22. The molecule has 1 aromatic heterocycles. The number of nitrogens with zero attached hydrogens (tertiary/aromatic N) is 1. The van der Waals surface area contributed by atoms with Gasteiger partial charge in [-0.15, -0.1) is 11.8 Å². The van der Waals surface area contributed by atoms with Crippen LogP contribution in [-0.2, 0) is 0 Å². The van der Waals surface area contributed by atoms with E-state index in [1.807, 2.05) is 24.4 Å². The Morgan fingerprint density at radius 2 is 1.74 bits per heavy atom. The standard InChI is InChI=1S/C16H20N2S/c1-12(2)13-6-8-14(9-7-13)15(17)11-19-16-5-3-4-10-18-16/h3-10,12,15H,11,17H2,1-2H3. The fourth-order valence-electron chi connectivity index (χ4n) is 1.83. The van der Waals surface area contributed by atoms with Crippen molar-refractivity contribution >= 4 is 11.8 Å². The van der Waals surface area contributed by atoms with Crippen LogP contribution in [0.25, 0.3) is 0 Å². The zero-order valence-corrected chi connectivity index (χ0v) is 12.2. The Labute approximate surface area is 119 Å². The van der Waals surface area contributed by atoms with Gasteiger partial charge in [0.2, 0.25) is 0 Å². The molecule has 1 aromatic carbocycles. The molecule has 0 aliphatic rings. The van der Waals surface area contributed by atoms with Crippen LogP contribution in [0.5, 0.6) is 0 Å². The van der Waals surface area contributed by atoms with Crippen molar-refractivity contribution in [3.63, 3.8) is 0 Å². The van der Waals surface area contributed by atoms with E-state index >= 15 is 0 Å². The smallest absolute Gasteiger partial charge is 0.0960 e. The van der Waals surface area contributed by atoms with Gasteiger partial charge in [0.1, 0.15) is 0 Å². The average molecular weight is 272 g/mol. The summed E-state index contributed by atoms with van der Waals surface area (Å²) in [4.78, 5) is 4.29. The molecule has 0 amide bonds. The Balaban J connectivity index is 1.94. The molecule has 1 unspecified atom stereocenters. The van der Waals surface area contributed by atoms with Crippen molar-refractivity contribution in [2.24, 2.45) is 5.73 Å². The molecule has 2 nitrogen and oxygen atoms in total. The molecule has 3 heteroatoms. The van der Waals surface area contributed by atoms with Gasteiger partial charge in [-0.3, -0.25) is 0 Å². The van der Waals surface area contributed by atoms with E-state index in [0.29, 0.717) is 5.92 Å². The van der Waals surface area contributed by atoms with Crippen LogP contribution in [0.4, 0.5) is 0 Å². The summed E-state index contributed by atoms with van der Waals surface area (Å²) in [5, 5.41) is 1.02. The largest absolute Gasteiger partial charge is 0.323 e. The summed E-state index contributed by atoms with van der Waals surface area (Å²) in [6.45, 7) is 4.40. The Bertz CT molecular complexity index is 494. The van der Waals surface area contributed by atoms with Crippen molar-refractivity contribution in [1.82, 2.24) is 4.98 Å². The second-order valence-electron chi connectivity index (χ2n) is 4.91. The van der Waals surface area contributed by atoms with Gasteiger partial charge in [-0.2, -0.15) is 0 Å². The van der Waals surface area contributed by atoms with Crippen LogP contribution < -0.4 is 5.73 Å². The average Bonchev–Trinajstić information content (AvgIpc) is 2.46.